The van der Waals surface area contributed by atoms with Gasteiger partial charge in [0.15, 0.2) is 5.96 Å². The van der Waals surface area contributed by atoms with Crippen LogP contribution in [-0.4, -0.2) is 52.5 Å². The van der Waals surface area contributed by atoms with E-state index in [1.54, 1.807) is 0 Å². The molecule has 0 spiro atoms. The van der Waals surface area contributed by atoms with E-state index >= 15 is 0 Å². The number of hydrogen-bond donors (Lipinski definition) is 2. The Morgan fingerprint density at radius 2 is 1.97 bits per heavy atom. The van der Waals surface area contributed by atoms with Gasteiger partial charge in [-0.3, -0.25) is 0 Å². The molecule has 2 heterocycles. The number of thioether (sulfide) groups is 1. The van der Waals surface area contributed by atoms with Gasteiger partial charge in [-0.05, 0) is 57.1 Å². The van der Waals surface area contributed by atoms with Crippen LogP contribution in [0.3, 0.4) is 0 Å². The summed E-state index contributed by atoms with van der Waals surface area (Å²) < 4.78 is 7.84. The van der Waals surface area contributed by atoms with E-state index in [-0.39, 0.29) is 4.75 Å². The summed E-state index contributed by atoms with van der Waals surface area (Å²) in [5.41, 5.74) is 4.40. The van der Waals surface area contributed by atoms with E-state index in [9.17, 15) is 0 Å². The van der Waals surface area contributed by atoms with Gasteiger partial charge in [-0.2, -0.15) is 16.9 Å². The lowest BCUT2D eigenvalue weighted by Gasteiger charge is -2.37. The van der Waals surface area contributed by atoms with Crippen molar-refractivity contribution in [3.05, 3.63) is 47.3 Å². The maximum absolute atomic E-state index is 5.60. The van der Waals surface area contributed by atoms with Crippen LogP contribution in [0.1, 0.15) is 43.6 Å². The normalized spacial score (nSPS) is 16.5. The van der Waals surface area contributed by atoms with Crippen molar-refractivity contribution in [2.45, 2.75) is 51.8 Å². The predicted octanol–water partition coefficient (Wildman–Crippen LogP) is 3.85. The summed E-state index contributed by atoms with van der Waals surface area (Å²) in [5, 5.41) is 11.7. The van der Waals surface area contributed by atoms with Crippen LogP contribution < -0.4 is 10.6 Å². The highest BCUT2D eigenvalue weighted by Crippen LogP contribution is 2.34. The number of nitrogens with one attached hydrogen (secondary N) is 2. The third-order valence-corrected chi connectivity index (χ3v) is 6.87. The Hall–Kier alpha value is -1.99. The fraction of sp³-hybridized carbons (Fsp3) is 0.565. The molecule has 1 fully saturated rings. The van der Waals surface area contributed by atoms with E-state index < -0.39 is 0 Å². The van der Waals surface area contributed by atoms with Gasteiger partial charge in [0.1, 0.15) is 0 Å². The Kier molecular flexibility index (Phi) is 8.22. The van der Waals surface area contributed by atoms with Crippen molar-refractivity contribution in [2.24, 2.45) is 4.99 Å². The lowest BCUT2D eigenvalue weighted by atomic mass is 9.99. The lowest BCUT2D eigenvalue weighted by Crippen LogP contribution is -2.48. The molecule has 0 unspecified atom stereocenters. The molecule has 0 aliphatic carbocycles. The molecule has 0 atom stereocenters. The van der Waals surface area contributed by atoms with Crippen LogP contribution in [-0.2, 0) is 11.3 Å². The topological polar surface area (TPSA) is 63.5 Å². The van der Waals surface area contributed by atoms with Crippen molar-refractivity contribution < 1.29 is 4.74 Å². The zero-order valence-corrected chi connectivity index (χ0v) is 19.5. The number of para-hydroxylation sites is 1. The third kappa shape index (κ3) is 5.79. The number of rotatable bonds is 8. The summed E-state index contributed by atoms with van der Waals surface area (Å²) in [4.78, 5) is 4.89. The van der Waals surface area contributed by atoms with Crippen molar-refractivity contribution in [1.82, 2.24) is 20.4 Å². The van der Waals surface area contributed by atoms with Crippen molar-refractivity contribution in [3.8, 4) is 5.69 Å². The van der Waals surface area contributed by atoms with Gasteiger partial charge in [-0.15, -0.1) is 0 Å². The molecule has 1 aliphatic rings. The monoisotopic (exact) mass is 429 g/mol. The number of aliphatic imine (C=N–C) groups is 1. The Balaban J connectivity index is 1.74. The van der Waals surface area contributed by atoms with Gasteiger partial charge >= 0.3 is 0 Å². The average Bonchev–Trinajstić information content (AvgIpc) is 3.09. The van der Waals surface area contributed by atoms with Crippen molar-refractivity contribution in [1.29, 1.82) is 0 Å². The van der Waals surface area contributed by atoms with E-state index in [0.717, 1.165) is 73.5 Å². The fourth-order valence-electron chi connectivity index (χ4n) is 3.90. The first-order chi connectivity index (χ1) is 14.6. The van der Waals surface area contributed by atoms with Crippen LogP contribution in [0.15, 0.2) is 35.3 Å². The standard InChI is InChI=1S/C23H35N5OS/c1-5-24-22(26-17-23(30-6-2)11-13-29-14-12-23)25-16-20-9-7-8-10-21(20)28-19(4)15-18(3)27-28/h7-10,15H,5-6,11-14,16-17H2,1-4H3,(H2,24,25,26). The van der Waals surface area contributed by atoms with Gasteiger partial charge in [0.05, 0.1) is 17.9 Å². The number of aromatic nitrogens is 2. The molecule has 1 saturated heterocycles. The van der Waals surface area contributed by atoms with Gasteiger partial charge in [-0.25, -0.2) is 9.67 Å². The van der Waals surface area contributed by atoms with Gasteiger partial charge in [0, 0.05) is 36.7 Å². The number of nitrogens with zero attached hydrogens (tertiary/aromatic N) is 3. The Labute approximate surface area is 184 Å². The number of benzene rings is 1. The Bertz CT molecular complexity index is 836. The molecule has 3 rings (SSSR count). The number of aryl methyl sites for hydroxylation is 2. The van der Waals surface area contributed by atoms with Crippen LogP contribution in [0, 0.1) is 13.8 Å². The highest BCUT2D eigenvalue weighted by Gasteiger charge is 2.32. The third-order valence-electron chi connectivity index (χ3n) is 5.41. The molecule has 30 heavy (non-hydrogen) atoms. The first kappa shape index (κ1) is 22.7. The first-order valence-corrected chi connectivity index (χ1v) is 11.9. The molecule has 164 valence electrons. The van der Waals surface area contributed by atoms with Crippen molar-refractivity contribution in [3.63, 3.8) is 0 Å². The Morgan fingerprint density at radius 3 is 2.63 bits per heavy atom. The minimum Gasteiger partial charge on any atom is -0.381 e. The van der Waals surface area contributed by atoms with Gasteiger partial charge < -0.3 is 15.4 Å². The Morgan fingerprint density at radius 1 is 1.20 bits per heavy atom. The molecule has 1 aliphatic heterocycles. The van der Waals surface area contributed by atoms with E-state index in [4.69, 9.17) is 9.73 Å². The quantitative estimate of drug-likeness (QED) is 0.493. The second-order valence-corrected chi connectivity index (χ2v) is 9.48. The van der Waals surface area contributed by atoms with E-state index in [1.807, 2.05) is 23.4 Å². The highest BCUT2D eigenvalue weighted by molar-refractivity contribution is 8.00. The van der Waals surface area contributed by atoms with E-state index in [2.05, 4.69) is 66.8 Å². The molecule has 1 aromatic carbocycles. The SMILES string of the molecule is CCNC(=NCc1ccccc1-n1nc(C)cc1C)NCC1(SCC)CCOCC1. The molecular weight excluding hydrogens is 394 g/mol. The maximum Gasteiger partial charge on any atom is 0.191 e. The molecule has 2 aromatic rings. The summed E-state index contributed by atoms with van der Waals surface area (Å²) in [6, 6.07) is 10.5. The van der Waals surface area contributed by atoms with Gasteiger partial charge in [0.2, 0.25) is 0 Å². The summed E-state index contributed by atoms with van der Waals surface area (Å²) in [7, 11) is 0. The smallest absolute Gasteiger partial charge is 0.191 e. The molecule has 7 heteroatoms. The molecule has 0 bridgehead atoms. The molecular formula is C23H35N5OS. The largest absolute Gasteiger partial charge is 0.381 e. The zero-order valence-electron chi connectivity index (χ0n) is 18.7. The minimum atomic E-state index is 0.227. The molecule has 1 aromatic heterocycles. The maximum atomic E-state index is 5.60. The minimum absolute atomic E-state index is 0.227. The van der Waals surface area contributed by atoms with Crippen LogP contribution >= 0.6 is 11.8 Å². The second kappa shape index (κ2) is 10.9. The van der Waals surface area contributed by atoms with Crippen molar-refractivity contribution >= 4 is 17.7 Å². The van der Waals surface area contributed by atoms with Crippen LogP contribution in [0.4, 0.5) is 0 Å². The van der Waals surface area contributed by atoms with Crippen molar-refractivity contribution in [2.75, 3.05) is 32.1 Å². The molecule has 0 amide bonds. The lowest BCUT2D eigenvalue weighted by molar-refractivity contribution is 0.0782. The fourth-order valence-corrected chi connectivity index (χ4v) is 5.14. The summed E-state index contributed by atoms with van der Waals surface area (Å²) in [6.45, 7) is 12.5. The molecule has 0 saturated carbocycles. The van der Waals surface area contributed by atoms with Crippen LogP contribution in [0.2, 0.25) is 0 Å². The van der Waals surface area contributed by atoms with Crippen LogP contribution in [0.5, 0.6) is 0 Å². The first-order valence-electron chi connectivity index (χ1n) is 10.9. The molecule has 6 nitrogen and oxygen atoms in total. The highest BCUT2D eigenvalue weighted by atomic mass is 32.2. The number of hydrogen-bond acceptors (Lipinski definition) is 4. The van der Waals surface area contributed by atoms with E-state index in [0.29, 0.717) is 6.54 Å². The van der Waals surface area contributed by atoms with E-state index in [1.165, 1.54) is 0 Å². The average molecular weight is 430 g/mol. The zero-order chi connectivity index (χ0) is 21.4. The summed E-state index contributed by atoms with van der Waals surface area (Å²) >= 11 is 2.04. The van der Waals surface area contributed by atoms with Gasteiger partial charge in [-0.1, -0.05) is 25.1 Å². The van der Waals surface area contributed by atoms with Crippen LogP contribution in [0.25, 0.3) is 5.69 Å². The number of guanidine groups is 1. The van der Waals surface area contributed by atoms with Gasteiger partial charge in [0.25, 0.3) is 0 Å². The second-order valence-electron chi connectivity index (χ2n) is 7.74. The summed E-state index contributed by atoms with van der Waals surface area (Å²) in [6.07, 6.45) is 2.16. The molecule has 0 radical (unpaired) electrons. The summed E-state index contributed by atoms with van der Waals surface area (Å²) in [5.74, 6) is 1.98. The predicted molar refractivity (Wildman–Crippen MR) is 127 cm³/mol. The molecule has 2 N–H and O–H groups in total. The number of ether oxygens (including phenoxy) is 1.